The molecule has 0 radical (unpaired) electrons. The molecule has 1 saturated carbocycles. The number of hydrogen-bond donors (Lipinski definition) is 5. The monoisotopic (exact) mass is 530 g/mol. The number of aliphatic hydroxyl groups excluding tert-OH is 2. The van der Waals surface area contributed by atoms with Crippen molar-refractivity contribution in [3.05, 3.63) is 50.8 Å². The average molecular weight is 531 g/mol. The molecule has 10 heteroatoms. The third-order valence-corrected chi connectivity index (χ3v) is 8.02. The van der Waals surface area contributed by atoms with Gasteiger partial charge in [-0.15, -0.1) is 0 Å². The van der Waals surface area contributed by atoms with Crippen molar-refractivity contribution in [3.8, 4) is 5.75 Å². The molecule has 1 amide bonds. The van der Waals surface area contributed by atoms with E-state index in [0.29, 0.717) is 22.6 Å². The van der Waals surface area contributed by atoms with E-state index in [0.717, 1.165) is 12.8 Å². The minimum absolute atomic E-state index is 0.0359. The molecule has 3 aliphatic rings. The molecule has 4 rings (SSSR count). The van der Waals surface area contributed by atoms with Gasteiger partial charge in [0, 0.05) is 16.5 Å². The van der Waals surface area contributed by atoms with Crippen molar-refractivity contribution in [2.45, 2.75) is 50.7 Å². The second-order valence-electron chi connectivity index (χ2n) is 10.2. The molecule has 0 unspecified atom stereocenters. The first-order valence-corrected chi connectivity index (χ1v) is 12.6. The van der Waals surface area contributed by atoms with Gasteiger partial charge in [-0.3, -0.25) is 19.3 Å². The number of phenolic OH excluding ortho intramolecular Hbond substituents is 1. The van der Waals surface area contributed by atoms with E-state index in [1.54, 1.807) is 26.2 Å². The van der Waals surface area contributed by atoms with Gasteiger partial charge < -0.3 is 26.2 Å². The lowest BCUT2D eigenvalue weighted by molar-refractivity contribution is -0.153. The van der Waals surface area contributed by atoms with Crippen LogP contribution in [0.2, 0.25) is 0 Å². The molecule has 0 aliphatic heterocycles. The van der Waals surface area contributed by atoms with Crippen LogP contribution in [-0.2, 0) is 20.8 Å². The highest BCUT2D eigenvalue weighted by molar-refractivity contribution is 6.31. The Kier molecular flexibility index (Phi) is 7.00. The van der Waals surface area contributed by atoms with Crippen LogP contribution in [0.5, 0.6) is 5.75 Å². The zero-order chi connectivity index (χ0) is 27.4. The predicted octanol–water partition coefficient (Wildman–Crippen LogP) is 2.73. The summed E-state index contributed by atoms with van der Waals surface area (Å²) in [6.07, 6.45) is 4.55. The molecule has 1 aromatic carbocycles. The number of nitrogens with two attached hydrogens (primary N) is 1. The van der Waals surface area contributed by atoms with E-state index in [1.165, 1.54) is 11.0 Å². The molecule has 1 aromatic rings. The van der Waals surface area contributed by atoms with Crippen molar-refractivity contribution in [1.29, 1.82) is 0 Å². The summed E-state index contributed by atoms with van der Waals surface area (Å²) in [5, 5.41) is 45.0. The lowest BCUT2D eigenvalue weighted by atomic mass is 9.57. The van der Waals surface area contributed by atoms with Crippen LogP contribution >= 0.6 is 11.6 Å². The molecule has 0 spiro atoms. The molecule has 0 aromatic heterocycles. The molecule has 1 fully saturated rings. The van der Waals surface area contributed by atoms with Gasteiger partial charge >= 0.3 is 0 Å². The maximum absolute atomic E-state index is 13.8. The Bertz CT molecular complexity index is 1300. The zero-order valence-electron chi connectivity index (χ0n) is 20.9. The van der Waals surface area contributed by atoms with Crippen molar-refractivity contribution >= 4 is 40.9 Å². The predicted molar refractivity (Wildman–Crippen MR) is 138 cm³/mol. The van der Waals surface area contributed by atoms with Crippen molar-refractivity contribution < 1.29 is 34.8 Å². The molecule has 0 saturated heterocycles. The summed E-state index contributed by atoms with van der Waals surface area (Å²) in [5.41, 5.74) is 2.98. The van der Waals surface area contributed by atoms with Gasteiger partial charge in [0.05, 0.1) is 11.6 Å². The van der Waals surface area contributed by atoms with Crippen LogP contribution in [-0.4, -0.2) is 68.5 Å². The van der Waals surface area contributed by atoms with E-state index in [1.807, 2.05) is 0 Å². The quantitative estimate of drug-likeness (QED) is 0.351. The van der Waals surface area contributed by atoms with Crippen LogP contribution < -0.4 is 5.73 Å². The van der Waals surface area contributed by atoms with E-state index in [4.69, 9.17) is 17.3 Å². The number of likely N-dealkylation sites (N-methyl/N-ethyl adjacent to an activating group) is 1. The standard InChI is InChI=1S/C27H31ClN2O7/c1-4-5-6-14(28)9-12-7-8-17(31)19-15(12)10-13-11-16-21(30(2)3)23(33)20(26(29)36)25(35)27(16,37)24(34)18(13)22(19)32/h7-9,13,16,21,31-32,35,37H,4-6,10-11H2,1-3H3,(H2,29,36)/b14-9-/t13-,16-,21-,27-/m0/s1. The Morgan fingerprint density at radius 2 is 1.92 bits per heavy atom. The minimum Gasteiger partial charge on any atom is -0.508 e. The average Bonchev–Trinajstić information content (AvgIpc) is 2.81. The highest BCUT2D eigenvalue weighted by Crippen LogP contribution is 2.53. The molecular formula is C27H31ClN2O7. The Morgan fingerprint density at radius 3 is 2.51 bits per heavy atom. The van der Waals surface area contributed by atoms with Crippen molar-refractivity contribution in [2.75, 3.05) is 14.1 Å². The second-order valence-corrected chi connectivity index (χ2v) is 10.7. The maximum Gasteiger partial charge on any atom is 0.255 e. The van der Waals surface area contributed by atoms with Gasteiger partial charge in [0.1, 0.15) is 22.8 Å². The third kappa shape index (κ3) is 4.05. The highest BCUT2D eigenvalue weighted by atomic mass is 35.5. The van der Waals surface area contributed by atoms with Gasteiger partial charge in [-0.25, -0.2) is 0 Å². The Balaban J connectivity index is 1.92. The van der Waals surface area contributed by atoms with E-state index >= 15 is 0 Å². The summed E-state index contributed by atoms with van der Waals surface area (Å²) in [4.78, 5) is 40.5. The number of rotatable bonds is 6. The number of aliphatic hydroxyl groups is 3. The summed E-state index contributed by atoms with van der Waals surface area (Å²) in [5.74, 6) is -6.71. The van der Waals surface area contributed by atoms with Gasteiger partial charge in [0.15, 0.2) is 11.4 Å². The number of Topliss-reactive ketones (excluding diaryl/α,β-unsaturated/α-hetero) is 2. The van der Waals surface area contributed by atoms with E-state index in [9.17, 15) is 34.8 Å². The van der Waals surface area contributed by atoms with Crippen molar-refractivity contribution in [3.63, 3.8) is 0 Å². The number of allylic oxidation sites excluding steroid dienone is 1. The number of benzene rings is 1. The number of aromatic hydroxyl groups is 1. The summed E-state index contributed by atoms with van der Waals surface area (Å²) in [7, 11) is 3.12. The van der Waals surface area contributed by atoms with Crippen LogP contribution in [0.3, 0.4) is 0 Å². The normalized spacial score (nSPS) is 27.8. The fourth-order valence-corrected chi connectivity index (χ4v) is 6.24. The number of hydrogen-bond acceptors (Lipinski definition) is 8. The third-order valence-electron chi connectivity index (χ3n) is 7.72. The van der Waals surface area contributed by atoms with Gasteiger partial charge in [-0.2, -0.15) is 0 Å². The SMILES string of the molecule is CCCC/C(Cl)=C/c1ccc(O)c2c1C[C@H]1C[C@H]3[C@H](N(C)C)C(=O)C(C(N)=O)=C(O)[C@@]3(O)C(=O)C1=C2O. The number of carbonyl (C=O) groups excluding carboxylic acids is 3. The van der Waals surface area contributed by atoms with Crippen LogP contribution in [0.15, 0.2) is 34.1 Å². The van der Waals surface area contributed by atoms with Crippen LogP contribution in [0.4, 0.5) is 0 Å². The summed E-state index contributed by atoms with van der Waals surface area (Å²) in [6.45, 7) is 2.05. The maximum atomic E-state index is 13.8. The topological polar surface area (TPSA) is 161 Å². The summed E-state index contributed by atoms with van der Waals surface area (Å²) in [6, 6.07) is 1.95. The molecule has 37 heavy (non-hydrogen) atoms. The number of phenols is 1. The Hall–Kier alpha value is -3.14. The molecular weight excluding hydrogens is 500 g/mol. The molecule has 4 atom stereocenters. The van der Waals surface area contributed by atoms with E-state index < -0.39 is 58.0 Å². The Morgan fingerprint density at radius 1 is 1.24 bits per heavy atom. The zero-order valence-corrected chi connectivity index (χ0v) is 21.7. The number of amides is 1. The largest absolute Gasteiger partial charge is 0.508 e. The number of ketones is 2. The first-order chi connectivity index (χ1) is 17.4. The molecule has 9 nitrogen and oxygen atoms in total. The molecule has 0 heterocycles. The lowest BCUT2D eigenvalue weighted by Crippen LogP contribution is -2.65. The first kappa shape index (κ1) is 26.9. The van der Waals surface area contributed by atoms with E-state index in [2.05, 4.69) is 6.92 Å². The molecule has 6 N–H and O–H groups in total. The summed E-state index contributed by atoms with van der Waals surface area (Å²) >= 11 is 6.43. The fourth-order valence-electron chi connectivity index (χ4n) is 5.99. The van der Waals surface area contributed by atoms with Crippen LogP contribution in [0, 0.1) is 11.8 Å². The minimum atomic E-state index is -2.65. The van der Waals surface area contributed by atoms with Crippen molar-refractivity contribution in [2.24, 2.45) is 17.6 Å². The number of halogens is 1. The number of nitrogens with zero attached hydrogens (tertiary/aromatic N) is 1. The van der Waals surface area contributed by atoms with Crippen LogP contribution in [0.1, 0.15) is 49.3 Å². The van der Waals surface area contributed by atoms with Gasteiger partial charge in [-0.05, 0) is 69.0 Å². The smallest absolute Gasteiger partial charge is 0.255 e. The van der Waals surface area contributed by atoms with Gasteiger partial charge in [0.2, 0.25) is 5.78 Å². The Labute approximate surface area is 219 Å². The van der Waals surface area contributed by atoms with Crippen molar-refractivity contribution in [1.82, 2.24) is 4.90 Å². The van der Waals surface area contributed by atoms with Gasteiger partial charge in [0.25, 0.3) is 5.91 Å². The number of carbonyl (C=O) groups is 3. The van der Waals surface area contributed by atoms with E-state index in [-0.39, 0.29) is 29.7 Å². The number of unbranched alkanes of at least 4 members (excludes halogenated alkanes) is 1. The molecule has 0 bridgehead atoms. The van der Waals surface area contributed by atoms with Crippen LogP contribution in [0.25, 0.3) is 11.8 Å². The highest BCUT2D eigenvalue weighted by Gasteiger charge is 2.64. The number of fused-ring (bicyclic) bond motifs is 3. The first-order valence-electron chi connectivity index (χ1n) is 12.2. The molecule has 198 valence electrons. The lowest BCUT2D eigenvalue weighted by Gasteiger charge is -2.50. The number of primary amides is 1. The van der Waals surface area contributed by atoms with Gasteiger partial charge in [-0.1, -0.05) is 31.0 Å². The second kappa shape index (κ2) is 9.63. The summed E-state index contributed by atoms with van der Waals surface area (Å²) < 4.78 is 0. The molecule has 3 aliphatic carbocycles. The fraction of sp³-hybridized carbons (Fsp3) is 0.444.